The third kappa shape index (κ3) is 12.9. The lowest BCUT2D eigenvalue weighted by Crippen LogP contribution is -2.15. The summed E-state index contributed by atoms with van der Waals surface area (Å²) in [4.78, 5) is 61.0. The summed E-state index contributed by atoms with van der Waals surface area (Å²) in [6.45, 7) is 10.8. The Labute approximate surface area is 348 Å². The van der Waals surface area contributed by atoms with Crippen molar-refractivity contribution in [1.82, 2.24) is 19.9 Å². The molecule has 12 nitrogen and oxygen atoms in total. The van der Waals surface area contributed by atoms with E-state index in [0.29, 0.717) is 56.2 Å². The molecule has 59 heavy (non-hydrogen) atoms. The summed E-state index contributed by atoms with van der Waals surface area (Å²) in [5.41, 5.74) is 14.5. The van der Waals surface area contributed by atoms with Gasteiger partial charge >= 0.3 is 0 Å². The summed E-state index contributed by atoms with van der Waals surface area (Å²) in [5, 5.41) is 23.0. The summed E-state index contributed by atoms with van der Waals surface area (Å²) in [7, 11) is 0. The predicted octanol–water partition coefficient (Wildman–Crippen LogP) is 8.03. The minimum Gasteiger partial charge on any atom is -0.397 e. The van der Waals surface area contributed by atoms with Crippen molar-refractivity contribution in [1.29, 1.82) is 0 Å². The van der Waals surface area contributed by atoms with Crippen molar-refractivity contribution in [2.24, 2.45) is 0 Å². The normalized spacial score (nSPS) is 10.7. The van der Waals surface area contributed by atoms with Gasteiger partial charge < -0.3 is 31.2 Å². The number of pyridine rings is 4. The van der Waals surface area contributed by atoms with Crippen molar-refractivity contribution in [2.75, 3.05) is 11.1 Å². The smallest absolute Gasteiger partial charge is 0.256 e. The van der Waals surface area contributed by atoms with Crippen LogP contribution in [-0.4, -0.2) is 41.7 Å². The van der Waals surface area contributed by atoms with Crippen LogP contribution in [0.25, 0.3) is 22.3 Å². The van der Waals surface area contributed by atoms with E-state index in [9.17, 15) is 29.4 Å². The van der Waals surface area contributed by atoms with Crippen LogP contribution in [0.1, 0.15) is 87.3 Å². The van der Waals surface area contributed by atoms with Gasteiger partial charge in [-0.3, -0.25) is 29.1 Å². The van der Waals surface area contributed by atoms with Crippen LogP contribution in [0, 0.1) is 0 Å². The first-order valence-corrected chi connectivity index (χ1v) is 19.5. The van der Waals surface area contributed by atoms with Crippen LogP contribution in [0.3, 0.4) is 0 Å². The number of nitrogens with one attached hydrogen (secondary N) is 3. The summed E-state index contributed by atoms with van der Waals surface area (Å²) in [6.07, 6.45) is 3.89. The highest BCUT2D eigenvalue weighted by Crippen LogP contribution is 2.30. The van der Waals surface area contributed by atoms with Crippen LogP contribution < -0.4 is 22.2 Å². The van der Waals surface area contributed by atoms with Gasteiger partial charge in [-0.1, -0.05) is 87.8 Å². The molecule has 0 atom stereocenters. The zero-order chi connectivity index (χ0) is 43.2. The third-order valence-corrected chi connectivity index (χ3v) is 9.26. The number of nitrogens with zero attached hydrogens (tertiary/aromatic N) is 2. The number of H-pyrrole nitrogens is 2. The molecule has 6 rings (SSSR count). The number of Topliss-reactive ketones (excluding diaryl/α,β-unsaturated/α-hetero) is 2. The Kier molecular flexibility index (Phi) is 16.6. The zero-order valence-electron chi connectivity index (χ0n) is 34.1. The van der Waals surface area contributed by atoms with Crippen molar-refractivity contribution in [3.05, 3.63) is 157 Å². The molecule has 2 aromatic carbocycles. The maximum atomic E-state index is 12.8. The van der Waals surface area contributed by atoms with Crippen molar-refractivity contribution in [3.8, 4) is 22.3 Å². The number of nitrogen functional groups attached to an aromatic ring is 1. The molecule has 0 amide bonds. The number of aliphatic hydroxyl groups excluding tert-OH is 2. The number of ketones is 2. The molecule has 13 heteroatoms. The number of halogens is 1. The molecule has 0 saturated carbocycles. The maximum Gasteiger partial charge on any atom is 0.256 e. The number of hydrogen-bond donors (Lipinski definition) is 6. The molecule has 0 fully saturated rings. The SMILES string of the molecule is CC(=O)Cc1cc(Cl)ccn1.CC(=O)Cc1cc(Nc2cc(-c3ccccc3CO)c(=O)[nH]c2C(C)C)ccn1.CC(C)c1[nH]c(=O)c(-c2ccccc2CO)cc1N. The van der Waals surface area contributed by atoms with E-state index >= 15 is 0 Å². The number of anilines is 3. The lowest BCUT2D eigenvalue weighted by atomic mass is 9.98. The van der Waals surface area contributed by atoms with Gasteiger partial charge in [0.2, 0.25) is 0 Å². The number of carbonyl (C=O) groups excluding carboxylic acids is 2. The summed E-state index contributed by atoms with van der Waals surface area (Å²) < 4.78 is 0. The van der Waals surface area contributed by atoms with Gasteiger partial charge in [0.25, 0.3) is 11.1 Å². The Morgan fingerprint density at radius 2 is 1.15 bits per heavy atom. The van der Waals surface area contributed by atoms with Crippen LogP contribution >= 0.6 is 11.6 Å². The van der Waals surface area contributed by atoms with Crippen LogP contribution in [-0.2, 0) is 35.6 Å². The number of aromatic amines is 2. The van der Waals surface area contributed by atoms with Gasteiger partial charge in [0.05, 0.1) is 24.6 Å². The first-order chi connectivity index (χ1) is 28.1. The fourth-order valence-electron chi connectivity index (χ4n) is 6.25. The fourth-order valence-corrected chi connectivity index (χ4v) is 6.43. The van der Waals surface area contributed by atoms with Crippen LogP contribution in [0.5, 0.6) is 0 Å². The summed E-state index contributed by atoms with van der Waals surface area (Å²) >= 11 is 5.68. The van der Waals surface area contributed by atoms with Crippen LogP contribution in [0.15, 0.2) is 107 Å². The first kappa shape index (κ1) is 45.5. The second kappa shape index (κ2) is 21.5. The van der Waals surface area contributed by atoms with E-state index in [0.717, 1.165) is 28.5 Å². The van der Waals surface area contributed by atoms with E-state index < -0.39 is 0 Å². The highest BCUT2D eigenvalue weighted by atomic mass is 35.5. The number of benzene rings is 2. The molecule has 0 radical (unpaired) electrons. The average Bonchev–Trinajstić information content (AvgIpc) is 3.19. The lowest BCUT2D eigenvalue weighted by molar-refractivity contribution is -0.117. The van der Waals surface area contributed by atoms with Gasteiger partial charge in [-0.25, -0.2) is 0 Å². The van der Waals surface area contributed by atoms with Gasteiger partial charge in [-0.15, -0.1) is 0 Å². The molecule has 6 aromatic rings. The topological polar surface area (TPSA) is 204 Å². The third-order valence-electron chi connectivity index (χ3n) is 9.02. The maximum absolute atomic E-state index is 12.8. The van der Waals surface area contributed by atoms with Crippen LogP contribution in [0.2, 0.25) is 5.02 Å². The lowest BCUT2D eigenvalue weighted by Gasteiger charge is -2.17. The molecule has 0 saturated heterocycles. The van der Waals surface area contributed by atoms with E-state index in [1.54, 1.807) is 42.7 Å². The number of hydrogen-bond acceptors (Lipinski definition) is 10. The highest BCUT2D eigenvalue weighted by molar-refractivity contribution is 6.30. The van der Waals surface area contributed by atoms with Gasteiger partial charge in [-0.2, -0.15) is 0 Å². The molecule has 7 N–H and O–H groups in total. The van der Waals surface area contributed by atoms with Gasteiger partial charge in [0.15, 0.2) is 0 Å². The van der Waals surface area contributed by atoms with Crippen LogP contribution in [0.4, 0.5) is 17.1 Å². The molecule has 4 heterocycles. The Balaban J connectivity index is 0.000000219. The van der Waals surface area contributed by atoms with Gasteiger partial charge in [0, 0.05) is 69.8 Å². The highest BCUT2D eigenvalue weighted by Gasteiger charge is 2.16. The monoisotopic (exact) mass is 818 g/mol. The minimum absolute atomic E-state index is 0.0458. The Bertz CT molecular complexity index is 2510. The minimum atomic E-state index is -0.202. The van der Waals surface area contributed by atoms with Crippen molar-refractivity contribution in [2.45, 2.75) is 79.4 Å². The number of aliphatic hydroxyl groups is 2. The second-order valence-electron chi connectivity index (χ2n) is 14.5. The number of carbonyl (C=O) groups is 2. The van der Waals surface area contributed by atoms with Gasteiger partial charge in [-0.05, 0) is 84.3 Å². The predicted molar refractivity (Wildman–Crippen MR) is 235 cm³/mol. The van der Waals surface area contributed by atoms with E-state index in [-0.39, 0.29) is 54.2 Å². The fraction of sp³-hybridized carbons (Fsp3) is 0.261. The van der Waals surface area contributed by atoms with Crippen molar-refractivity contribution in [3.63, 3.8) is 0 Å². The van der Waals surface area contributed by atoms with Gasteiger partial charge in [0.1, 0.15) is 11.6 Å². The molecule has 0 aliphatic carbocycles. The molecule has 308 valence electrons. The molecule has 0 aliphatic rings. The van der Waals surface area contributed by atoms with Crippen molar-refractivity contribution >= 4 is 40.2 Å². The number of aromatic nitrogens is 4. The Morgan fingerprint density at radius 3 is 1.64 bits per heavy atom. The van der Waals surface area contributed by atoms with E-state index in [2.05, 4.69) is 25.3 Å². The standard InChI is InChI=1S/C23H25N3O3.C15H18N2O2.C8H8ClNO/c1-14(2)22-21(25-17-8-9-24-18(11-17)10-15(3)28)12-20(23(29)26-22)19-7-5-4-6-16(19)13-27;1-9(2)14-13(16)7-12(15(19)17-14)11-6-4-3-5-10(11)8-18;1-6(11)4-8-5-7(9)2-3-10-8/h4-9,11-12,14,27H,10,13H2,1-3H3,(H,24,25)(H,26,29);3-7,9,18H,8,16H2,1-2H3,(H,17,19);2-3,5H,4H2,1H3. The largest absolute Gasteiger partial charge is 0.397 e. The molecule has 0 bridgehead atoms. The zero-order valence-corrected chi connectivity index (χ0v) is 34.9. The van der Waals surface area contributed by atoms with E-state index in [4.69, 9.17) is 17.3 Å². The molecule has 0 unspecified atom stereocenters. The Hall–Kier alpha value is -6.21. The summed E-state index contributed by atoms with van der Waals surface area (Å²) in [6, 6.07) is 25.1. The summed E-state index contributed by atoms with van der Waals surface area (Å²) in [5.74, 6) is 0.393. The second-order valence-corrected chi connectivity index (χ2v) is 15.0. The quantitative estimate of drug-likeness (QED) is 0.0701. The van der Waals surface area contributed by atoms with Crippen molar-refractivity contribution < 1.29 is 19.8 Å². The molecule has 0 spiro atoms. The first-order valence-electron chi connectivity index (χ1n) is 19.1. The molecular formula is C46H51ClN6O6. The average molecular weight is 819 g/mol. The molecule has 0 aliphatic heterocycles. The van der Waals surface area contributed by atoms with E-state index in [1.165, 1.54) is 13.8 Å². The Morgan fingerprint density at radius 1 is 0.678 bits per heavy atom. The molecule has 4 aromatic heterocycles. The molecular weight excluding hydrogens is 768 g/mol. The number of rotatable bonds is 12. The van der Waals surface area contributed by atoms with E-state index in [1.807, 2.05) is 82.3 Å². The number of nitrogens with two attached hydrogens (primary N) is 1.